The molecular formula is C20H22N2O5. The molecule has 0 fully saturated rings. The summed E-state index contributed by atoms with van der Waals surface area (Å²) < 4.78 is 15.5. The van der Waals surface area contributed by atoms with E-state index in [4.69, 9.17) is 14.2 Å². The van der Waals surface area contributed by atoms with Gasteiger partial charge in [0.1, 0.15) is 11.5 Å². The van der Waals surface area contributed by atoms with Crippen LogP contribution in [0.25, 0.3) is 0 Å². The molecule has 0 bridgehead atoms. The van der Waals surface area contributed by atoms with Gasteiger partial charge in [-0.1, -0.05) is 12.1 Å². The number of hydrazone groups is 1. The van der Waals surface area contributed by atoms with Crippen molar-refractivity contribution in [3.63, 3.8) is 0 Å². The average molecular weight is 370 g/mol. The van der Waals surface area contributed by atoms with Crippen molar-refractivity contribution in [2.24, 2.45) is 5.10 Å². The monoisotopic (exact) mass is 370 g/mol. The summed E-state index contributed by atoms with van der Waals surface area (Å²) in [5.74, 6) is 0.449. The van der Waals surface area contributed by atoms with E-state index in [1.54, 1.807) is 55.5 Å². The van der Waals surface area contributed by atoms with Gasteiger partial charge in [-0.3, -0.25) is 4.79 Å². The number of amides is 1. The Morgan fingerprint density at radius 1 is 1.00 bits per heavy atom. The highest BCUT2D eigenvalue weighted by atomic mass is 16.6. The second kappa shape index (κ2) is 10.6. The number of benzene rings is 2. The molecule has 0 aliphatic heterocycles. The first-order chi connectivity index (χ1) is 13.1. The minimum atomic E-state index is -0.431. The lowest BCUT2D eigenvalue weighted by Crippen LogP contribution is -2.17. The summed E-state index contributed by atoms with van der Waals surface area (Å²) in [6, 6.07) is 13.8. The molecule has 1 amide bonds. The molecule has 0 radical (unpaired) electrons. The Kier molecular flexibility index (Phi) is 7.84. The molecule has 7 nitrogen and oxygen atoms in total. The summed E-state index contributed by atoms with van der Waals surface area (Å²) in [7, 11) is 0. The summed E-state index contributed by atoms with van der Waals surface area (Å²) in [6.07, 6.45) is 1.49. The zero-order chi connectivity index (χ0) is 19.5. The average Bonchev–Trinajstić information content (AvgIpc) is 2.68. The smallest absolute Gasteiger partial charge is 0.344 e. The molecule has 0 unspecified atom stereocenters. The van der Waals surface area contributed by atoms with Crippen LogP contribution in [0, 0.1) is 0 Å². The third-order valence-corrected chi connectivity index (χ3v) is 3.33. The summed E-state index contributed by atoms with van der Waals surface area (Å²) in [5.41, 5.74) is 3.65. The van der Waals surface area contributed by atoms with Crippen LogP contribution in [-0.2, 0) is 9.53 Å². The van der Waals surface area contributed by atoms with Crippen molar-refractivity contribution in [1.82, 2.24) is 5.43 Å². The first kappa shape index (κ1) is 20.0. The van der Waals surface area contributed by atoms with Gasteiger partial charge in [0.2, 0.25) is 0 Å². The van der Waals surface area contributed by atoms with E-state index in [1.807, 2.05) is 6.92 Å². The van der Waals surface area contributed by atoms with Crippen molar-refractivity contribution in [3.8, 4) is 11.5 Å². The third-order valence-electron chi connectivity index (χ3n) is 3.33. The number of carbonyl (C=O) groups is 2. The Morgan fingerprint density at radius 2 is 1.78 bits per heavy atom. The number of nitrogens with one attached hydrogen (secondary N) is 1. The molecule has 0 heterocycles. The van der Waals surface area contributed by atoms with Gasteiger partial charge in [0, 0.05) is 5.56 Å². The van der Waals surface area contributed by atoms with E-state index in [1.165, 1.54) is 6.21 Å². The molecule has 0 saturated heterocycles. The predicted molar refractivity (Wildman–Crippen MR) is 101 cm³/mol. The molecule has 1 N–H and O–H groups in total. The fourth-order valence-electron chi connectivity index (χ4n) is 2.13. The molecule has 142 valence electrons. The largest absolute Gasteiger partial charge is 0.494 e. The van der Waals surface area contributed by atoms with Crippen LogP contribution in [0.15, 0.2) is 53.6 Å². The van der Waals surface area contributed by atoms with Gasteiger partial charge >= 0.3 is 5.97 Å². The molecule has 27 heavy (non-hydrogen) atoms. The first-order valence-corrected chi connectivity index (χ1v) is 8.57. The van der Waals surface area contributed by atoms with E-state index >= 15 is 0 Å². The predicted octanol–water partition coefficient (Wildman–Crippen LogP) is 2.79. The van der Waals surface area contributed by atoms with Crippen LogP contribution in [0.2, 0.25) is 0 Å². The summed E-state index contributed by atoms with van der Waals surface area (Å²) in [4.78, 5) is 23.4. The van der Waals surface area contributed by atoms with Crippen LogP contribution in [0.3, 0.4) is 0 Å². The number of ether oxygens (including phenoxy) is 3. The first-order valence-electron chi connectivity index (χ1n) is 8.57. The second-order valence-corrected chi connectivity index (χ2v) is 5.32. The fourth-order valence-corrected chi connectivity index (χ4v) is 2.13. The standard InChI is InChI=1S/C20H22N2O5/c1-3-25-17-10-8-16(9-11-17)20(24)22-21-13-15-6-5-7-18(12-15)27-14-19(23)26-4-2/h5-13H,3-4,14H2,1-2H3,(H,22,24)/b21-13-. The molecule has 0 spiro atoms. The number of hydrogen-bond donors (Lipinski definition) is 1. The normalized spacial score (nSPS) is 10.4. The highest BCUT2D eigenvalue weighted by Gasteiger charge is 2.05. The van der Waals surface area contributed by atoms with Crippen molar-refractivity contribution < 1.29 is 23.8 Å². The number of rotatable bonds is 9. The van der Waals surface area contributed by atoms with Crippen LogP contribution in [0.5, 0.6) is 11.5 Å². The molecule has 0 aliphatic carbocycles. The minimum absolute atomic E-state index is 0.164. The SMILES string of the molecule is CCOC(=O)COc1cccc(/C=N\NC(=O)c2ccc(OCC)cc2)c1. The van der Waals surface area contributed by atoms with Gasteiger partial charge in [0.15, 0.2) is 6.61 Å². The van der Waals surface area contributed by atoms with Gasteiger partial charge in [-0.25, -0.2) is 10.2 Å². The fraction of sp³-hybridized carbons (Fsp3) is 0.250. The number of nitrogens with zero attached hydrogens (tertiary/aromatic N) is 1. The Bertz CT molecular complexity index is 787. The van der Waals surface area contributed by atoms with Crippen molar-refractivity contribution in [2.75, 3.05) is 19.8 Å². The van der Waals surface area contributed by atoms with E-state index < -0.39 is 5.97 Å². The molecular weight excluding hydrogens is 348 g/mol. The summed E-state index contributed by atoms with van der Waals surface area (Å²) >= 11 is 0. The maximum atomic E-state index is 12.1. The van der Waals surface area contributed by atoms with Crippen LogP contribution >= 0.6 is 0 Å². The van der Waals surface area contributed by atoms with Gasteiger partial charge in [-0.2, -0.15) is 5.10 Å². The van der Waals surface area contributed by atoms with E-state index in [0.29, 0.717) is 35.8 Å². The maximum Gasteiger partial charge on any atom is 0.344 e. The van der Waals surface area contributed by atoms with Crippen LogP contribution in [0.4, 0.5) is 0 Å². The van der Waals surface area contributed by atoms with Crippen LogP contribution in [-0.4, -0.2) is 37.9 Å². The van der Waals surface area contributed by atoms with Crippen molar-refractivity contribution in [2.45, 2.75) is 13.8 Å². The van der Waals surface area contributed by atoms with Gasteiger partial charge < -0.3 is 14.2 Å². The number of esters is 1. The molecule has 0 atom stereocenters. The second-order valence-electron chi connectivity index (χ2n) is 5.32. The molecule has 0 saturated carbocycles. The van der Waals surface area contributed by atoms with Crippen molar-refractivity contribution in [3.05, 3.63) is 59.7 Å². The van der Waals surface area contributed by atoms with Crippen LogP contribution in [0.1, 0.15) is 29.8 Å². The lowest BCUT2D eigenvalue weighted by Gasteiger charge is -2.06. The lowest BCUT2D eigenvalue weighted by atomic mass is 10.2. The highest BCUT2D eigenvalue weighted by molar-refractivity contribution is 5.95. The van der Waals surface area contributed by atoms with Crippen molar-refractivity contribution >= 4 is 18.1 Å². The molecule has 2 rings (SSSR count). The quantitative estimate of drug-likeness (QED) is 0.417. The minimum Gasteiger partial charge on any atom is -0.494 e. The molecule has 2 aromatic carbocycles. The van der Waals surface area contributed by atoms with E-state index in [2.05, 4.69) is 10.5 Å². The molecule has 0 aromatic heterocycles. The Labute approximate surface area is 157 Å². The topological polar surface area (TPSA) is 86.2 Å². The number of hydrogen-bond acceptors (Lipinski definition) is 6. The Hall–Kier alpha value is -3.35. The molecule has 0 aliphatic rings. The van der Waals surface area contributed by atoms with Crippen molar-refractivity contribution in [1.29, 1.82) is 0 Å². The van der Waals surface area contributed by atoms with Gasteiger partial charge in [0.25, 0.3) is 5.91 Å². The van der Waals surface area contributed by atoms with E-state index in [9.17, 15) is 9.59 Å². The zero-order valence-corrected chi connectivity index (χ0v) is 15.3. The van der Waals surface area contributed by atoms with Gasteiger partial charge in [-0.05, 0) is 55.8 Å². The van der Waals surface area contributed by atoms with Crippen LogP contribution < -0.4 is 14.9 Å². The molecule has 7 heteroatoms. The van der Waals surface area contributed by atoms with Gasteiger partial charge in [-0.15, -0.1) is 0 Å². The highest BCUT2D eigenvalue weighted by Crippen LogP contribution is 2.13. The Balaban J connectivity index is 1.88. The van der Waals surface area contributed by atoms with E-state index in [0.717, 1.165) is 0 Å². The maximum absolute atomic E-state index is 12.1. The Morgan fingerprint density at radius 3 is 2.48 bits per heavy atom. The summed E-state index contributed by atoms with van der Waals surface area (Å²) in [5, 5.41) is 3.94. The third kappa shape index (κ3) is 6.81. The number of carbonyl (C=O) groups excluding carboxylic acids is 2. The molecule has 2 aromatic rings. The lowest BCUT2D eigenvalue weighted by molar-refractivity contribution is -0.145. The zero-order valence-electron chi connectivity index (χ0n) is 15.3. The summed E-state index contributed by atoms with van der Waals surface area (Å²) in [6.45, 7) is 4.34. The van der Waals surface area contributed by atoms with Gasteiger partial charge in [0.05, 0.1) is 19.4 Å². The van der Waals surface area contributed by atoms with E-state index in [-0.39, 0.29) is 12.5 Å².